The van der Waals surface area contributed by atoms with Crippen LogP contribution in [0.15, 0.2) is 0 Å². The van der Waals surface area contributed by atoms with Crippen LogP contribution >= 0.6 is 0 Å². The van der Waals surface area contributed by atoms with Crippen molar-refractivity contribution in [3.8, 4) is 0 Å². The van der Waals surface area contributed by atoms with E-state index in [4.69, 9.17) is 9.47 Å². The van der Waals surface area contributed by atoms with Crippen molar-refractivity contribution < 1.29 is 9.47 Å². The van der Waals surface area contributed by atoms with Crippen molar-refractivity contribution in [1.29, 1.82) is 0 Å². The SMILES string of the molecule is CC(C)OC(C)(C)COC(C)(C)C(C)C. The summed E-state index contributed by atoms with van der Waals surface area (Å²) in [5.41, 5.74) is -0.294. The molecule has 2 heteroatoms. The van der Waals surface area contributed by atoms with E-state index in [-0.39, 0.29) is 17.3 Å². The second-order valence-electron chi connectivity index (χ2n) is 5.97. The van der Waals surface area contributed by atoms with Crippen LogP contribution in [0.1, 0.15) is 55.4 Å². The van der Waals surface area contributed by atoms with Gasteiger partial charge in [0.15, 0.2) is 0 Å². The van der Waals surface area contributed by atoms with Crippen molar-refractivity contribution in [3.63, 3.8) is 0 Å². The third-order valence-electron chi connectivity index (χ3n) is 2.74. The lowest BCUT2D eigenvalue weighted by Gasteiger charge is -2.35. The van der Waals surface area contributed by atoms with Crippen molar-refractivity contribution in [3.05, 3.63) is 0 Å². The van der Waals surface area contributed by atoms with E-state index in [2.05, 4.69) is 55.4 Å². The maximum Gasteiger partial charge on any atom is 0.0862 e. The van der Waals surface area contributed by atoms with E-state index < -0.39 is 0 Å². The number of hydrogen-bond acceptors (Lipinski definition) is 2. The molecule has 92 valence electrons. The molecule has 0 aromatic rings. The minimum absolute atomic E-state index is 0.0857. The Labute approximate surface area is 95.3 Å². The van der Waals surface area contributed by atoms with Gasteiger partial charge in [0.1, 0.15) is 0 Å². The molecule has 0 aliphatic heterocycles. The molecular formula is C13H28O2. The van der Waals surface area contributed by atoms with Gasteiger partial charge in [-0.2, -0.15) is 0 Å². The van der Waals surface area contributed by atoms with Crippen LogP contribution in [0.5, 0.6) is 0 Å². The first-order chi connectivity index (χ1) is 6.57. The molecular weight excluding hydrogens is 188 g/mol. The highest BCUT2D eigenvalue weighted by atomic mass is 16.6. The van der Waals surface area contributed by atoms with Gasteiger partial charge in [-0.05, 0) is 47.5 Å². The largest absolute Gasteiger partial charge is 0.372 e. The minimum Gasteiger partial charge on any atom is -0.372 e. The fourth-order valence-electron chi connectivity index (χ4n) is 1.20. The third kappa shape index (κ3) is 6.16. The summed E-state index contributed by atoms with van der Waals surface area (Å²) < 4.78 is 11.7. The van der Waals surface area contributed by atoms with Crippen LogP contribution in [-0.4, -0.2) is 23.9 Å². The molecule has 0 atom stereocenters. The van der Waals surface area contributed by atoms with Crippen LogP contribution in [-0.2, 0) is 9.47 Å². The van der Waals surface area contributed by atoms with Crippen LogP contribution in [0.3, 0.4) is 0 Å². The van der Waals surface area contributed by atoms with Crippen molar-refractivity contribution >= 4 is 0 Å². The van der Waals surface area contributed by atoms with Gasteiger partial charge in [0.2, 0.25) is 0 Å². The highest BCUT2D eigenvalue weighted by Gasteiger charge is 2.28. The molecule has 0 amide bonds. The molecule has 0 aromatic carbocycles. The lowest BCUT2D eigenvalue weighted by Crippen LogP contribution is -2.40. The van der Waals surface area contributed by atoms with Gasteiger partial charge in [-0.15, -0.1) is 0 Å². The highest BCUT2D eigenvalue weighted by Crippen LogP contribution is 2.23. The third-order valence-corrected chi connectivity index (χ3v) is 2.74. The van der Waals surface area contributed by atoms with Crippen molar-refractivity contribution in [2.75, 3.05) is 6.61 Å². The van der Waals surface area contributed by atoms with Gasteiger partial charge >= 0.3 is 0 Å². The highest BCUT2D eigenvalue weighted by molar-refractivity contribution is 4.76. The second kappa shape index (κ2) is 5.31. The molecule has 0 heterocycles. The van der Waals surface area contributed by atoms with E-state index in [1.807, 2.05) is 0 Å². The summed E-state index contributed by atoms with van der Waals surface area (Å²) in [5.74, 6) is 0.507. The average molecular weight is 216 g/mol. The Kier molecular flexibility index (Phi) is 5.28. The summed E-state index contributed by atoms with van der Waals surface area (Å²) in [6.45, 7) is 17.5. The van der Waals surface area contributed by atoms with Gasteiger partial charge < -0.3 is 9.47 Å². The van der Waals surface area contributed by atoms with E-state index in [0.29, 0.717) is 12.5 Å². The zero-order valence-corrected chi connectivity index (χ0v) is 11.7. The average Bonchev–Trinajstić information content (AvgIpc) is 1.98. The zero-order valence-electron chi connectivity index (χ0n) is 11.7. The number of rotatable bonds is 6. The first kappa shape index (κ1) is 14.9. The molecule has 0 rings (SSSR count). The van der Waals surface area contributed by atoms with Gasteiger partial charge in [-0.25, -0.2) is 0 Å². The normalized spacial score (nSPS) is 14.0. The monoisotopic (exact) mass is 216 g/mol. The fraction of sp³-hybridized carbons (Fsp3) is 1.00. The van der Waals surface area contributed by atoms with Crippen LogP contribution in [0, 0.1) is 5.92 Å². The Morgan fingerprint density at radius 2 is 1.40 bits per heavy atom. The molecule has 0 N–H and O–H groups in total. The summed E-state index contributed by atoms with van der Waals surface area (Å²) in [7, 11) is 0. The molecule has 0 saturated carbocycles. The Morgan fingerprint density at radius 1 is 0.933 bits per heavy atom. The van der Waals surface area contributed by atoms with Crippen LogP contribution in [0.25, 0.3) is 0 Å². The topological polar surface area (TPSA) is 18.5 Å². The van der Waals surface area contributed by atoms with Crippen molar-refractivity contribution in [2.45, 2.75) is 72.7 Å². The van der Waals surface area contributed by atoms with Gasteiger partial charge in [-0.3, -0.25) is 0 Å². The maximum absolute atomic E-state index is 5.93. The quantitative estimate of drug-likeness (QED) is 0.675. The zero-order chi connectivity index (χ0) is 12.3. The molecule has 0 aliphatic carbocycles. The van der Waals surface area contributed by atoms with E-state index in [9.17, 15) is 0 Å². The molecule has 0 aliphatic rings. The van der Waals surface area contributed by atoms with E-state index in [1.165, 1.54) is 0 Å². The van der Waals surface area contributed by atoms with E-state index >= 15 is 0 Å². The second-order valence-corrected chi connectivity index (χ2v) is 5.97. The Bertz CT molecular complexity index is 181. The molecule has 0 radical (unpaired) electrons. The number of ether oxygens (including phenoxy) is 2. The van der Waals surface area contributed by atoms with Crippen molar-refractivity contribution in [1.82, 2.24) is 0 Å². The summed E-state index contributed by atoms with van der Waals surface area (Å²) in [4.78, 5) is 0. The Morgan fingerprint density at radius 3 is 1.73 bits per heavy atom. The summed E-state index contributed by atoms with van der Waals surface area (Å²) >= 11 is 0. The van der Waals surface area contributed by atoms with Gasteiger partial charge in [0, 0.05) is 0 Å². The summed E-state index contributed by atoms with van der Waals surface area (Å²) in [5, 5.41) is 0. The van der Waals surface area contributed by atoms with Gasteiger partial charge in [0.25, 0.3) is 0 Å². The standard InChI is InChI=1S/C13H28O2/c1-10(2)13(7,8)14-9-12(5,6)15-11(3)4/h10-11H,9H2,1-8H3. The molecule has 0 bridgehead atoms. The predicted octanol–water partition coefficient (Wildman–Crippen LogP) is 3.64. The maximum atomic E-state index is 5.93. The smallest absolute Gasteiger partial charge is 0.0862 e. The van der Waals surface area contributed by atoms with Crippen LogP contribution in [0.4, 0.5) is 0 Å². The molecule has 0 aromatic heterocycles. The minimum atomic E-state index is -0.208. The molecule has 0 fully saturated rings. The summed E-state index contributed by atoms with van der Waals surface area (Å²) in [6.07, 6.45) is 0.241. The Hall–Kier alpha value is -0.0800. The fourth-order valence-corrected chi connectivity index (χ4v) is 1.20. The van der Waals surface area contributed by atoms with E-state index in [0.717, 1.165) is 0 Å². The molecule has 15 heavy (non-hydrogen) atoms. The molecule has 2 nitrogen and oxygen atoms in total. The van der Waals surface area contributed by atoms with E-state index in [1.54, 1.807) is 0 Å². The first-order valence-corrected chi connectivity index (χ1v) is 5.88. The van der Waals surface area contributed by atoms with Gasteiger partial charge in [-0.1, -0.05) is 13.8 Å². The Balaban J connectivity index is 4.14. The lowest BCUT2D eigenvalue weighted by molar-refractivity contribution is -0.147. The van der Waals surface area contributed by atoms with Crippen molar-refractivity contribution in [2.24, 2.45) is 5.92 Å². The molecule has 0 spiro atoms. The predicted molar refractivity (Wildman–Crippen MR) is 65.2 cm³/mol. The first-order valence-electron chi connectivity index (χ1n) is 5.88. The molecule has 0 saturated heterocycles. The van der Waals surface area contributed by atoms with Gasteiger partial charge in [0.05, 0.1) is 23.9 Å². The van der Waals surface area contributed by atoms with Crippen LogP contribution in [0.2, 0.25) is 0 Å². The number of hydrogen-bond donors (Lipinski definition) is 0. The van der Waals surface area contributed by atoms with Crippen LogP contribution < -0.4 is 0 Å². The molecule has 0 unspecified atom stereocenters. The summed E-state index contributed by atoms with van der Waals surface area (Å²) in [6, 6.07) is 0. The lowest BCUT2D eigenvalue weighted by atomic mass is 9.94.